The molecule has 0 aromatic heterocycles. The monoisotopic (exact) mass is 388 g/mol. The van der Waals surface area contributed by atoms with Crippen LogP contribution in [0.5, 0.6) is 0 Å². The molecule has 1 aliphatic carbocycles. The van der Waals surface area contributed by atoms with E-state index < -0.39 is 0 Å². The lowest BCUT2D eigenvalue weighted by molar-refractivity contribution is 0.254. The summed E-state index contributed by atoms with van der Waals surface area (Å²) in [6.45, 7) is 11.4. The molecule has 1 unspecified atom stereocenters. The highest BCUT2D eigenvalue weighted by Crippen LogP contribution is 2.38. The van der Waals surface area contributed by atoms with E-state index in [0.29, 0.717) is 6.04 Å². The summed E-state index contributed by atoms with van der Waals surface area (Å²) in [5, 5.41) is 6.06. The van der Waals surface area contributed by atoms with Gasteiger partial charge in [0, 0.05) is 18.8 Å². The fourth-order valence-electron chi connectivity index (χ4n) is 4.51. The van der Waals surface area contributed by atoms with E-state index in [-0.39, 0.29) is 5.41 Å². The van der Waals surface area contributed by atoms with Crippen molar-refractivity contribution < 1.29 is 0 Å². The number of benzene rings is 2. The Balaban J connectivity index is 1.76. The van der Waals surface area contributed by atoms with Gasteiger partial charge in [-0.1, -0.05) is 88.4 Å². The van der Waals surface area contributed by atoms with E-state index in [1.54, 1.807) is 0 Å². The molecule has 0 spiro atoms. The van der Waals surface area contributed by atoms with Crippen LogP contribution in [0.25, 0.3) is 10.8 Å². The molecule has 0 radical (unpaired) electrons. The maximum Gasteiger partial charge on any atom is 0.0382 e. The standard InChI is InChI=1S/C27H36N2/c1-6-29(7-2)23-17-14-21(15-18-23)11-10-20-27(3,4)26-24-13-9-8-12-22(24)16-19-25(26)28-5/h8-17,19,23,28H,6-7,18,20H2,1-5H3/b11-10+. The number of rotatable bonds is 8. The fraction of sp³-hybridized carbons (Fsp3) is 0.407. The zero-order valence-electron chi connectivity index (χ0n) is 18.7. The van der Waals surface area contributed by atoms with E-state index in [4.69, 9.17) is 0 Å². The first-order chi connectivity index (χ1) is 14.0. The molecule has 0 heterocycles. The third-order valence-corrected chi connectivity index (χ3v) is 6.20. The Bertz CT molecular complexity index is 913. The SMILES string of the molecule is CCN(CC)C1C=CC(/C=C/CC(C)(C)c2c(NC)ccc3ccccc23)=CC1. The zero-order chi connectivity index (χ0) is 20.9. The molecule has 154 valence electrons. The first-order valence-electron chi connectivity index (χ1n) is 11.0. The molecule has 2 aromatic carbocycles. The number of allylic oxidation sites excluding steroid dienone is 4. The first-order valence-corrected chi connectivity index (χ1v) is 11.0. The van der Waals surface area contributed by atoms with Gasteiger partial charge in [-0.3, -0.25) is 4.90 Å². The first kappa shape index (κ1) is 21.4. The van der Waals surface area contributed by atoms with Gasteiger partial charge in [-0.2, -0.15) is 0 Å². The van der Waals surface area contributed by atoms with E-state index in [1.165, 1.54) is 27.6 Å². The molecular formula is C27H36N2. The highest BCUT2D eigenvalue weighted by molar-refractivity contribution is 5.91. The van der Waals surface area contributed by atoms with E-state index >= 15 is 0 Å². The van der Waals surface area contributed by atoms with Gasteiger partial charge in [0.2, 0.25) is 0 Å². The van der Waals surface area contributed by atoms with Crippen LogP contribution in [-0.2, 0) is 5.41 Å². The highest BCUT2D eigenvalue weighted by atomic mass is 15.1. The second kappa shape index (κ2) is 9.45. The number of nitrogens with one attached hydrogen (secondary N) is 1. The number of nitrogens with zero attached hydrogens (tertiary/aromatic N) is 1. The van der Waals surface area contributed by atoms with Crippen LogP contribution in [-0.4, -0.2) is 31.1 Å². The molecule has 2 heteroatoms. The molecule has 1 aliphatic rings. The number of likely N-dealkylation sites (N-methyl/N-ethyl adjacent to an activating group) is 1. The molecule has 1 N–H and O–H groups in total. The summed E-state index contributed by atoms with van der Waals surface area (Å²) in [5.41, 5.74) is 3.99. The van der Waals surface area contributed by atoms with Crippen LogP contribution in [0.1, 0.15) is 46.1 Å². The van der Waals surface area contributed by atoms with Gasteiger partial charge in [-0.05, 0) is 59.3 Å². The summed E-state index contributed by atoms with van der Waals surface area (Å²) in [6, 6.07) is 13.7. The van der Waals surface area contributed by atoms with Crippen molar-refractivity contribution in [2.45, 2.75) is 52.0 Å². The van der Waals surface area contributed by atoms with Crippen LogP contribution in [0.3, 0.4) is 0 Å². The largest absolute Gasteiger partial charge is 0.388 e. The Kier molecular flexibility index (Phi) is 6.97. The summed E-state index contributed by atoms with van der Waals surface area (Å²) in [5.74, 6) is 0. The molecule has 0 bridgehead atoms. The molecule has 0 saturated heterocycles. The topological polar surface area (TPSA) is 15.3 Å². The van der Waals surface area contributed by atoms with Crippen molar-refractivity contribution in [2.24, 2.45) is 0 Å². The predicted molar refractivity (Wildman–Crippen MR) is 129 cm³/mol. The van der Waals surface area contributed by atoms with Crippen LogP contribution in [0, 0.1) is 0 Å². The maximum absolute atomic E-state index is 3.41. The molecular weight excluding hydrogens is 352 g/mol. The van der Waals surface area contributed by atoms with Crippen molar-refractivity contribution in [3.63, 3.8) is 0 Å². The van der Waals surface area contributed by atoms with Gasteiger partial charge in [-0.15, -0.1) is 0 Å². The molecule has 3 rings (SSSR count). The van der Waals surface area contributed by atoms with Crippen molar-refractivity contribution in [1.82, 2.24) is 4.90 Å². The molecule has 0 aliphatic heterocycles. The molecule has 0 amide bonds. The average molecular weight is 389 g/mol. The summed E-state index contributed by atoms with van der Waals surface area (Å²) in [4.78, 5) is 2.51. The minimum atomic E-state index is 0.0401. The predicted octanol–water partition coefficient (Wildman–Crippen LogP) is 6.70. The van der Waals surface area contributed by atoms with Gasteiger partial charge >= 0.3 is 0 Å². The number of hydrogen-bond donors (Lipinski definition) is 1. The fourth-order valence-corrected chi connectivity index (χ4v) is 4.51. The van der Waals surface area contributed by atoms with Gasteiger partial charge < -0.3 is 5.32 Å². The molecule has 2 nitrogen and oxygen atoms in total. The summed E-state index contributed by atoms with van der Waals surface area (Å²) in [6.07, 6.45) is 13.8. The van der Waals surface area contributed by atoms with Crippen LogP contribution in [0.4, 0.5) is 5.69 Å². The smallest absolute Gasteiger partial charge is 0.0382 e. The van der Waals surface area contributed by atoms with Gasteiger partial charge in [0.15, 0.2) is 0 Å². The normalized spacial score (nSPS) is 17.3. The molecule has 0 saturated carbocycles. The minimum Gasteiger partial charge on any atom is -0.388 e. The third-order valence-electron chi connectivity index (χ3n) is 6.20. The van der Waals surface area contributed by atoms with Gasteiger partial charge in [-0.25, -0.2) is 0 Å². The van der Waals surface area contributed by atoms with Gasteiger partial charge in [0.1, 0.15) is 0 Å². The van der Waals surface area contributed by atoms with Crippen LogP contribution in [0.15, 0.2) is 72.4 Å². The number of fused-ring (bicyclic) bond motifs is 1. The van der Waals surface area contributed by atoms with E-state index in [0.717, 1.165) is 25.9 Å². The van der Waals surface area contributed by atoms with Gasteiger partial charge in [0.05, 0.1) is 0 Å². The van der Waals surface area contributed by atoms with Crippen LogP contribution >= 0.6 is 0 Å². The lowest BCUT2D eigenvalue weighted by Gasteiger charge is -2.29. The Labute approximate surface area is 177 Å². The summed E-state index contributed by atoms with van der Waals surface area (Å²) in [7, 11) is 2.02. The van der Waals surface area contributed by atoms with Crippen molar-refractivity contribution in [3.8, 4) is 0 Å². The number of hydrogen-bond acceptors (Lipinski definition) is 2. The Morgan fingerprint density at radius 1 is 1.10 bits per heavy atom. The maximum atomic E-state index is 3.41. The second-order valence-corrected chi connectivity index (χ2v) is 8.54. The molecule has 2 aromatic rings. The van der Waals surface area contributed by atoms with Crippen molar-refractivity contribution in [3.05, 3.63) is 77.9 Å². The second-order valence-electron chi connectivity index (χ2n) is 8.54. The number of anilines is 1. The molecule has 29 heavy (non-hydrogen) atoms. The van der Waals surface area contributed by atoms with Crippen LogP contribution in [0.2, 0.25) is 0 Å². The quantitative estimate of drug-likeness (QED) is 0.541. The van der Waals surface area contributed by atoms with E-state index in [9.17, 15) is 0 Å². The summed E-state index contributed by atoms with van der Waals surface area (Å²) >= 11 is 0. The lowest BCUT2D eigenvalue weighted by Crippen LogP contribution is -2.33. The van der Waals surface area contributed by atoms with Crippen molar-refractivity contribution >= 4 is 16.5 Å². The van der Waals surface area contributed by atoms with Crippen molar-refractivity contribution in [2.75, 3.05) is 25.5 Å². The minimum absolute atomic E-state index is 0.0401. The van der Waals surface area contributed by atoms with E-state index in [2.05, 4.69) is 105 Å². The molecule has 0 fully saturated rings. The lowest BCUT2D eigenvalue weighted by atomic mass is 9.78. The van der Waals surface area contributed by atoms with E-state index in [1.807, 2.05) is 7.05 Å². The van der Waals surface area contributed by atoms with Gasteiger partial charge in [0.25, 0.3) is 0 Å². The zero-order valence-corrected chi connectivity index (χ0v) is 18.7. The third kappa shape index (κ3) is 4.82. The summed E-state index contributed by atoms with van der Waals surface area (Å²) < 4.78 is 0. The Hall–Kier alpha value is -2.32. The van der Waals surface area contributed by atoms with Crippen molar-refractivity contribution in [1.29, 1.82) is 0 Å². The average Bonchev–Trinajstić information content (AvgIpc) is 2.74. The Morgan fingerprint density at radius 2 is 1.86 bits per heavy atom. The molecule has 1 atom stereocenters. The Morgan fingerprint density at radius 3 is 2.52 bits per heavy atom. The van der Waals surface area contributed by atoms with Crippen LogP contribution < -0.4 is 5.32 Å². The highest BCUT2D eigenvalue weighted by Gasteiger charge is 2.24.